The first kappa shape index (κ1) is 16.8. The molecule has 2 aromatic rings. The Bertz CT molecular complexity index is 814. The van der Waals surface area contributed by atoms with E-state index in [1.807, 2.05) is 54.4 Å². The Morgan fingerprint density at radius 1 is 1.08 bits per heavy atom. The van der Waals surface area contributed by atoms with Gasteiger partial charge in [0.15, 0.2) is 34.2 Å². The van der Waals surface area contributed by atoms with Crippen LogP contribution in [-0.2, 0) is 6.54 Å². The molecule has 2 aliphatic rings. The molecule has 1 N–H and O–H groups in total. The number of benzene rings is 2. The summed E-state index contributed by atoms with van der Waals surface area (Å²) in [4.78, 5) is 1.96. The summed E-state index contributed by atoms with van der Waals surface area (Å²) < 4.78 is 22.5. The second kappa shape index (κ2) is 7.29. The average Bonchev–Trinajstić information content (AvgIpc) is 3.13. The SMILES string of the molecule is CN(C[C@H]1COc2ccccc2O1)C(=S)NCc1ccc2c(c1)OCO2. The zero-order chi connectivity index (χ0) is 17.9. The fraction of sp³-hybridized carbons (Fsp3) is 0.316. The molecule has 0 aromatic heterocycles. The number of para-hydroxylation sites is 2. The maximum atomic E-state index is 5.98. The van der Waals surface area contributed by atoms with Crippen LogP contribution in [0.2, 0.25) is 0 Å². The van der Waals surface area contributed by atoms with Gasteiger partial charge in [0.25, 0.3) is 0 Å². The van der Waals surface area contributed by atoms with Gasteiger partial charge in [0.05, 0.1) is 6.54 Å². The molecule has 0 unspecified atom stereocenters. The van der Waals surface area contributed by atoms with Crippen molar-refractivity contribution in [2.24, 2.45) is 0 Å². The van der Waals surface area contributed by atoms with Gasteiger partial charge < -0.3 is 29.2 Å². The van der Waals surface area contributed by atoms with E-state index in [9.17, 15) is 0 Å². The minimum atomic E-state index is -0.0693. The fourth-order valence-electron chi connectivity index (χ4n) is 2.90. The van der Waals surface area contributed by atoms with E-state index in [4.69, 9.17) is 31.2 Å². The molecule has 0 bridgehead atoms. The van der Waals surface area contributed by atoms with E-state index in [1.54, 1.807) is 0 Å². The van der Waals surface area contributed by atoms with Crippen molar-refractivity contribution in [1.82, 2.24) is 10.2 Å². The first-order valence-electron chi connectivity index (χ1n) is 8.45. The summed E-state index contributed by atoms with van der Waals surface area (Å²) in [6, 6.07) is 13.6. The van der Waals surface area contributed by atoms with E-state index in [0.717, 1.165) is 28.6 Å². The lowest BCUT2D eigenvalue weighted by Gasteiger charge is -2.30. The summed E-state index contributed by atoms with van der Waals surface area (Å²) in [6.07, 6.45) is -0.0693. The van der Waals surface area contributed by atoms with Gasteiger partial charge in [-0.3, -0.25) is 0 Å². The molecule has 2 aliphatic heterocycles. The van der Waals surface area contributed by atoms with E-state index < -0.39 is 0 Å². The fourth-order valence-corrected chi connectivity index (χ4v) is 3.05. The summed E-state index contributed by atoms with van der Waals surface area (Å²) in [5, 5.41) is 3.92. The van der Waals surface area contributed by atoms with Crippen molar-refractivity contribution in [2.75, 3.05) is 27.0 Å². The Labute approximate surface area is 157 Å². The number of ether oxygens (including phenoxy) is 4. The molecule has 136 valence electrons. The largest absolute Gasteiger partial charge is 0.486 e. The minimum Gasteiger partial charge on any atom is -0.486 e. The second-order valence-corrected chi connectivity index (χ2v) is 6.61. The van der Waals surface area contributed by atoms with Crippen LogP contribution in [0.25, 0.3) is 0 Å². The van der Waals surface area contributed by atoms with Gasteiger partial charge >= 0.3 is 0 Å². The minimum absolute atomic E-state index is 0.0693. The van der Waals surface area contributed by atoms with Crippen LogP contribution in [0.1, 0.15) is 5.56 Å². The van der Waals surface area contributed by atoms with Crippen LogP contribution in [-0.4, -0.2) is 43.1 Å². The topological polar surface area (TPSA) is 52.2 Å². The van der Waals surface area contributed by atoms with E-state index in [1.165, 1.54) is 0 Å². The number of fused-ring (bicyclic) bond motifs is 2. The molecule has 0 saturated heterocycles. The predicted molar refractivity (Wildman–Crippen MR) is 101 cm³/mol. The number of hydrogen-bond donors (Lipinski definition) is 1. The second-order valence-electron chi connectivity index (χ2n) is 6.22. The number of thiocarbonyl (C=S) groups is 1. The summed E-state index contributed by atoms with van der Waals surface area (Å²) >= 11 is 5.48. The van der Waals surface area contributed by atoms with Gasteiger partial charge in [0, 0.05) is 13.6 Å². The Kier molecular flexibility index (Phi) is 4.71. The lowest BCUT2D eigenvalue weighted by Crippen LogP contribution is -2.45. The Morgan fingerprint density at radius 2 is 1.85 bits per heavy atom. The van der Waals surface area contributed by atoms with Gasteiger partial charge in [0.1, 0.15) is 6.61 Å². The van der Waals surface area contributed by atoms with Crippen molar-refractivity contribution in [1.29, 1.82) is 0 Å². The third kappa shape index (κ3) is 3.62. The van der Waals surface area contributed by atoms with Crippen LogP contribution in [0, 0.1) is 0 Å². The van der Waals surface area contributed by atoms with Crippen LogP contribution in [0.4, 0.5) is 0 Å². The highest BCUT2D eigenvalue weighted by molar-refractivity contribution is 7.80. The first-order valence-corrected chi connectivity index (χ1v) is 8.86. The van der Waals surface area contributed by atoms with Gasteiger partial charge in [-0.1, -0.05) is 18.2 Å². The van der Waals surface area contributed by atoms with Crippen LogP contribution < -0.4 is 24.3 Å². The van der Waals surface area contributed by atoms with Gasteiger partial charge in [-0.2, -0.15) is 0 Å². The summed E-state index contributed by atoms with van der Waals surface area (Å²) in [5.74, 6) is 3.12. The molecule has 0 aliphatic carbocycles. The van der Waals surface area contributed by atoms with E-state index in [2.05, 4.69) is 5.32 Å². The molecular formula is C19H20N2O4S. The smallest absolute Gasteiger partial charge is 0.231 e. The molecular weight excluding hydrogens is 352 g/mol. The summed E-state index contributed by atoms with van der Waals surface area (Å²) in [5.41, 5.74) is 1.08. The molecule has 2 aromatic carbocycles. The molecule has 0 saturated carbocycles. The van der Waals surface area contributed by atoms with Crippen molar-refractivity contribution in [3.05, 3.63) is 48.0 Å². The van der Waals surface area contributed by atoms with Crippen molar-refractivity contribution in [3.63, 3.8) is 0 Å². The molecule has 0 fully saturated rings. The highest BCUT2D eigenvalue weighted by Gasteiger charge is 2.22. The van der Waals surface area contributed by atoms with Gasteiger partial charge in [-0.25, -0.2) is 0 Å². The molecule has 0 spiro atoms. The molecule has 2 heterocycles. The lowest BCUT2D eigenvalue weighted by atomic mass is 10.2. The quantitative estimate of drug-likeness (QED) is 0.828. The maximum Gasteiger partial charge on any atom is 0.231 e. The number of rotatable bonds is 4. The van der Waals surface area contributed by atoms with Crippen LogP contribution in [0.5, 0.6) is 23.0 Å². The van der Waals surface area contributed by atoms with Gasteiger partial charge in [-0.05, 0) is 42.0 Å². The number of likely N-dealkylation sites (N-methyl/N-ethyl adjacent to an activating group) is 1. The van der Waals surface area contributed by atoms with Crippen LogP contribution in [0.3, 0.4) is 0 Å². The summed E-state index contributed by atoms with van der Waals surface area (Å²) in [7, 11) is 1.94. The number of nitrogens with zero attached hydrogens (tertiary/aromatic N) is 1. The molecule has 0 amide bonds. The lowest BCUT2D eigenvalue weighted by molar-refractivity contribution is 0.0779. The normalized spacial score (nSPS) is 16.9. The van der Waals surface area contributed by atoms with Gasteiger partial charge in [-0.15, -0.1) is 0 Å². The van der Waals surface area contributed by atoms with Gasteiger partial charge in [0.2, 0.25) is 6.79 Å². The van der Waals surface area contributed by atoms with Crippen molar-refractivity contribution < 1.29 is 18.9 Å². The summed E-state index contributed by atoms with van der Waals surface area (Å²) in [6.45, 7) is 2.04. The number of nitrogens with one attached hydrogen (secondary N) is 1. The molecule has 7 heteroatoms. The van der Waals surface area contributed by atoms with Crippen LogP contribution >= 0.6 is 12.2 Å². The Morgan fingerprint density at radius 3 is 2.73 bits per heavy atom. The predicted octanol–water partition coefficient (Wildman–Crippen LogP) is 2.56. The standard InChI is InChI=1S/C19H20N2O4S/c1-21(10-14-11-22-15-4-2-3-5-17(15)25-14)19(26)20-9-13-6-7-16-18(8-13)24-12-23-16/h2-8,14H,9-12H2,1H3,(H,20,26)/t14-/m0/s1. The zero-order valence-electron chi connectivity index (χ0n) is 14.4. The Balaban J connectivity index is 1.28. The maximum absolute atomic E-state index is 5.98. The highest BCUT2D eigenvalue weighted by Crippen LogP contribution is 2.32. The molecule has 26 heavy (non-hydrogen) atoms. The van der Waals surface area contributed by atoms with Crippen molar-refractivity contribution in [2.45, 2.75) is 12.6 Å². The van der Waals surface area contributed by atoms with Crippen molar-refractivity contribution >= 4 is 17.3 Å². The first-order chi connectivity index (χ1) is 12.7. The van der Waals surface area contributed by atoms with Crippen LogP contribution in [0.15, 0.2) is 42.5 Å². The monoisotopic (exact) mass is 372 g/mol. The number of hydrogen-bond acceptors (Lipinski definition) is 5. The molecule has 1 atom stereocenters. The van der Waals surface area contributed by atoms with E-state index in [0.29, 0.717) is 24.8 Å². The molecule has 0 radical (unpaired) electrons. The zero-order valence-corrected chi connectivity index (χ0v) is 15.3. The average molecular weight is 372 g/mol. The third-order valence-corrected chi connectivity index (χ3v) is 4.73. The third-order valence-electron chi connectivity index (χ3n) is 4.27. The molecule has 6 nitrogen and oxygen atoms in total. The van der Waals surface area contributed by atoms with E-state index >= 15 is 0 Å². The Hall–Kier alpha value is -2.67. The highest BCUT2D eigenvalue weighted by atomic mass is 32.1. The van der Waals surface area contributed by atoms with Crippen molar-refractivity contribution in [3.8, 4) is 23.0 Å². The molecule has 4 rings (SSSR count). The van der Waals surface area contributed by atoms with E-state index in [-0.39, 0.29) is 12.9 Å².